The highest BCUT2D eigenvalue weighted by Crippen LogP contribution is 2.37. The Balaban J connectivity index is 1.54. The molecule has 2 saturated heterocycles. The molecule has 1 aromatic rings. The minimum atomic E-state index is 0.0646. The van der Waals surface area contributed by atoms with E-state index in [4.69, 9.17) is 14.0 Å². The molecular weight excluding hydrogens is 268 g/mol. The van der Waals surface area contributed by atoms with Crippen LogP contribution in [-0.2, 0) is 16.0 Å². The molecule has 2 aliphatic heterocycles. The van der Waals surface area contributed by atoms with Gasteiger partial charge in [-0.05, 0) is 33.6 Å². The van der Waals surface area contributed by atoms with Crippen LogP contribution in [0.15, 0.2) is 4.52 Å². The van der Waals surface area contributed by atoms with E-state index < -0.39 is 0 Å². The highest BCUT2D eigenvalue weighted by molar-refractivity contribution is 5.20. The molecule has 0 aliphatic carbocycles. The maximum atomic E-state index is 6.10. The summed E-state index contributed by atoms with van der Waals surface area (Å²) in [6, 6.07) is 0. The SMILES string of the molecule is CCO[C@@H]1COC2(CCN(Cc3c(C)noc3C)CC2)C1. The lowest BCUT2D eigenvalue weighted by molar-refractivity contribution is -0.0465. The Hall–Kier alpha value is -0.910. The number of aryl methyl sites for hydroxylation is 2. The molecule has 1 spiro atoms. The molecule has 0 bridgehead atoms. The van der Waals surface area contributed by atoms with Crippen LogP contribution in [0, 0.1) is 13.8 Å². The minimum Gasteiger partial charge on any atom is -0.376 e. The first kappa shape index (κ1) is 15.0. The third kappa shape index (κ3) is 3.15. The third-order valence-corrected chi connectivity index (χ3v) is 4.91. The summed E-state index contributed by atoms with van der Waals surface area (Å²) in [4.78, 5) is 2.48. The first-order chi connectivity index (χ1) is 10.1. The highest BCUT2D eigenvalue weighted by atomic mass is 16.6. The molecule has 2 aliphatic rings. The van der Waals surface area contributed by atoms with E-state index in [-0.39, 0.29) is 5.60 Å². The van der Waals surface area contributed by atoms with Crippen LogP contribution in [0.1, 0.15) is 43.2 Å². The van der Waals surface area contributed by atoms with Crippen LogP contribution in [0.2, 0.25) is 0 Å². The summed E-state index contributed by atoms with van der Waals surface area (Å²) in [5, 5.41) is 4.04. The zero-order valence-corrected chi connectivity index (χ0v) is 13.4. The van der Waals surface area contributed by atoms with E-state index in [0.717, 1.165) is 63.6 Å². The standard InChI is InChI=1S/C16H26N2O3/c1-4-19-14-9-16(20-11-14)5-7-18(8-6-16)10-15-12(2)17-21-13(15)3/h14H,4-11H2,1-3H3/t14-/m0/s1. The predicted octanol–water partition coefficient (Wildman–Crippen LogP) is 2.45. The molecule has 118 valence electrons. The van der Waals surface area contributed by atoms with Gasteiger partial charge in [0, 0.05) is 38.2 Å². The Morgan fingerprint density at radius 2 is 2.10 bits per heavy atom. The second kappa shape index (κ2) is 6.07. The highest BCUT2D eigenvalue weighted by Gasteiger charge is 2.43. The van der Waals surface area contributed by atoms with Gasteiger partial charge in [-0.2, -0.15) is 0 Å². The van der Waals surface area contributed by atoms with Crippen LogP contribution >= 0.6 is 0 Å². The molecule has 5 heteroatoms. The van der Waals surface area contributed by atoms with Gasteiger partial charge in [-0.3, -0.25) is 4.90 Å². The molecule has 1 aromatic heterocycles. The molecule has 2 fully saturated rings. The molecule has 0 saturated carbocycles. The van der Waals surface area contributed by atoms with Gasteiger partial charge < -0.3 is 14.0 Å². The van der Waals surface area contributed by atoms with Crippen LogP contribution in [-0.4, -0.2) is 48.1 Å². The zero-order chi connectivity index (χ0) is 14.9. The first-order valence-corrected chi connectivity index (χ1v) is 8.01. The van der Waals surface area contributed by atoms with Crippen LogP contribution in [0.4, 0.5) is 0 Å². The van der Waals surface area contributed by atoms with E-state index in [1.54, 1.807) is 0 Å². The fourth-order valence-electron chi connectivity index (χ4n) is 3.56. The van der Waals surface area contributed by atoms with Crippen molar-refractivity contribution in [3.8, 4) is 0 Å². The Bertz CT molecular complexity index is 458. The average Bonchev–Trinajstić information content (AvgIpc) is 3.00. The van der Waals surface area contributed by atoms with Gasteiger partial charge in [-0.15, -0.1) is 0 Å². The quantitative estimate of drug-likeness (QED) is 0.853. The van der Waals surface area contributed by atoms with Crippen molar-refractivity contribution in [1.29, 1.82) is 0 Å². The van der Waals surface area contributed by atoms with Crippen molar-refractivity contribution in [2.45, 2.75) is 58.3 Å². The summed E-state index contributed by atoms with van der Waals surface area (Å²) in [5.74, 6) is 0.946. The van der Waals surface area contributed by atoms with E-state index in [9.17, 15) is 0 Å². The zero-order valence-electron chi connectivity index (χ0n) is 13.4. The van der Waals surface area contributed by atoms with Crippen molar-refractivity contribution < 1.29 is 14.0 Å². The summed E-state index contributed by atoms with van der Waals surface area (Å²) in [5.41, 5.74) is 2.32. The summed E-state index contributed by atoms with van der Waals surface area (Å²) >= 11 is 0. The van der Waals surface area contributed by atoms with Crippen LogP contribution in [0.3, 0.4) is 0 Å². The Labute approximate surface area is 126 Å². The van der Waals surface area contributed by atoms with Crippen LogP contribution in [0.25, 0.3) is 0 Å². The van der Waals surface area contributed by atoms with Crippen LogP contribution in [0.5, 0.6) is 0 Å². The molecule has 1 atom stereocenters. The van der Waals surface area contributed by atoms with E-state index in [1.807, 2.05) is 13.8 Å². The van der Waals surface area contributed by atoms with E-state index in [0.29, 0.717) is 6.10 Å². The van der Waals surface area contributed by atoms with Gasteiger partial charge >= 0.3 is 0 Å². The smallest absolute Gasteiger partial charge is 0.138 e. The van der Waals surface area contributed by atoms with E-state index >= 15 is 0 Å². The summed E-state index contributed by atoms with van der Waals surface area (Å²) < 4.78 is 17.1. The van der Waals surface area contributed by atoms with Crippen molar-refractivity contribution in [2.75, 3.05) is 26.3 Å². The monoisotopic (exact) mass is 294 g/mol. The van der Waals surface area contributed by atoms with Crippen molar-refractivity contribution in [1.82, 2.24) is 10.1 Å². The number of hydrogen-bond donors (Lipinski definition) is 0. The summed E-state index contributed by atoms with van der Waals surface area (Å²) in [6.07, 6.45) is 3.55. The molecule has 5 nitrogen and oxygen atoms in total. The number of aromatic nitrogens is 1. The maximum Gasteiger partial charge on any atom is 0.138 e. The number of nitrogens with zero attached hydrogens (tertiary/aromatic N) is 2. The second-order valence-corrected chi connectivity index (χ2v) is 6.35. The molecule has 0 radical (unpaired) electrons. The fourth-order valence-corrected chi connectivity index (χ4v) is 3.56. The second-order valence-electron chi connectivity index (χ2n) is 6.35. The number of rotatable bonds is 4. The normalized spacial score (nSPS) is 25.8. The number of ether oxygens (including phenoxy) is 2. The Kier molecular flexibility index (Phi) is 4.33. The average molecular weight is 294 g/mol. The van der Waals surface area contributed by atoms with Gasteiger partial charge in [-0.25, -0.2) is 0 Å². The van der Waals surface area contributed by atoms with Gasteiger partial charge in [0.05, 0.1) is 24.0 Å². The molecule has 0 amide bonds. The Morgan fingerprint density at radius 1 is 1.33 bits per heavy atom. The van der Waals surface area contributed by atoms with Crippen molar-refractivity contribution in [2.24, 2.45) is 0 Å². The van der Waals surface area contributed by atoms with Gasteiger partial charge in [0.1, 0.15) is 5.76 Å². The molecule has 0 aromatic carbocycles. The Morgan fingerprint density at radius 3 is 2.71 bits per heavy atom. The molecule has 21 heavy (non-hydrogen) atoms. The van der Waals surface area contributed by atoms with Crippen LogP contribution < -0.4 is 0 Å². The predicted molar refractivity (Wildman–Crippen MR) is 79.2 cm³/mol. The van der Waals surface area contributed by atoms with Crippen molar-refractivity contribution in [3.05, 3.63) is 17.0 Å². The number of likely N-dealkylation sites (tertiary alicyclic amines) is 1. The largest absolute Gasteiger partial charge is 0.376 e. The number of hydrogen-bond acceptors (Lipinski definition) is 5. The van der Waals surface area contributed by atoms with Gasteiger partial charge in [0.15, 0.2) is 0 Å². The lowest BCUT2D eigenvalue weighted by Gasteiger charge is -2.38. The van der Waals surface area contributed by atoms with Crippen molar-refractivity contribution in [3.63, 3.8) is 0 Å². The topological polar surface area (TPSA) is 47.7 Å². The van der Waals surface area contributed by atoms with Gasteiger partial charge in [0.2, 0.25) is 0 Å². The number of piperidine rings is 1. The fraction of sp³-hybridized carbons (Fsp3) is 0.812. The molecule has 3 rings (SSSR count). The lowest BCUT2D eigenvalue weighted by atomic mass is 9.88. The summed E-state index contributed by atoms with van der Waals surface area (Å²) in [6.45, 7) is 10.7. The van der Waals surface area contributed by atoms with Crippen molar-refractivity contribution >= 4 is 0 Å². The molecule has 3 heterocycles. The third-order valence-electron chi connectivity index (χ3n) is 4.91. The van der Waals surface area contributed by atoms with Gasteiger partial charge in [-0.1, -0.05) is 5.16 Å². The maximum absolute atomic E-state index is 6.10. The summed E-state index contributed by atoms with van der Waals surface area (Å²) in [7, 11) is 0. The molecule has 0 unspecified atom stereocenters. The first-order valence-electron chi connectivity index (χ1n) is 8.01. The molecular formula is C16H26N2O3. The minimum absolute atomic E-state index is 0.0646. The van der Waals surface area contributed by atoms with E-state index in [2.05, 4.69) is 17.0 Å². The van der Waals surface area contributed by atoms with E-state index in [1.165, 1.54) is 5.56 Å². The lowest BCUT2D eigenvalue weighted by Crippen LogP contribution is -2.44. The molecule has 0 N–H and O–H groups in total. The van der Waals surface area contributed by atoms with Gasteiger partial charge in [0.25, 0.3) is 0 Å².